The Morgan fingerprint density at radius 3 is 2.71 bits per heavy atom. The number of hydrogen-bond donors (Lipinski definition) is 1. The first kappa shape index (κ1) is 19.6. The maximum atomic E-state index is 12.2. The summed E-state index contributed by atoms with van der Waals surface area (Å²) in [4.78, 5) is 22.5. The first-order chi connectivity index (χ1) is 13.3. The lowest BCUT2D eigenvalue weighted by atomic mass is 10.2. The second-order valence-corrected chi connectivity index (χ2v) is 6.75. The normalized spacial score (nSPS) is 10.8. The lowest BCUT2D eigenvalue weighted by molar-refractivity contribution is -0.385. The zero-order chi connectivity index (χ0) is 20.3. The summed E-state index contributed by atoms with van der Waals surface area (Å²) in [6, 6.07) is 9.29. The summed E-state index contributed by atoms with van der Waals surface area (Å²) in [6.45, 7) is 4.19. The molecule has 3 rings (SSSR count). The van der Waals surface area contributed by atoms with Crippen molar-refractivity contribution < 1.29 is 9.72 Å². The Bertz CT molecular complexity index is 1030. The third-order valence-corrected chi connectivity index (χ3v) is 4.58. The van der Waals surface area contributed by atoms with Gasteiger partial charge in [0.05, 0.1) is 11.5 Å². The summed E-state index contributed by atoms with van der Waals surface area (Å²) in [5.41, 5.74) is 2.08. The lowest BCUT2D eigenvalue weighted by Gasteiger charge is -2.06. The number of aromatic nitrogens is 4. The SMILES string of the molecule is Cc1nn(CCC(=O)Nc2cc(C)n(Cc3ccccc3Cl)n2)cc1[N+](=O)[O-]. The molecule has 0 radical (unpaired) electrons. The number of nitrogens with zero attached hydrogens (tertiary/aromatic N) is 5. The molecule has 9 nitrogen and oxygen atoms in total. The van der Waals surface area contributed by atoms with Crippen LogP contribution in [-0.4, -0.2) is 30.4 Å². The molecule has 0 aliphatic heterocycles. The van der Waals surface area contributed by atoms with E-state index in [0.717, 1.165) is 11.3 Å². The molecule has 1 N–H and O–H groups in total. The zero-order valence-electron chi connectivity index (χ0n) is 15.4. The highest BCUT2D eigenvalue weighted by Gasteiger charge is 2.16. The summed E-state index contributed by atoms with van der Waals surface area (Å²) < 4.78 is 3.16. The number of hydrogen-bond acceptors (Lipinski definition) is 5. The van der Waals surface area contributed by atoms with E-state index in [9.17, 15) is 14.9 Å². The topological polar surface area (TPSA) is 108 Å². The number of halogens is 1. The van der Waals surface area contributed by atoms with E-state index in [2.05, 4.69) is 15.5 Å². The molecule has 3 aromatic rings. The van der Waals surface area contributed by atoms with Crippen molar-refractivity contribution in [3.8, 4) is 0 Å². The van der Waals surface area contributed by atoms with Gasteiger partial charge >= 0.3 is 5.69 Å². The summed E-state index contributed by atoms with van der Waals surface area (Å²) in [5.74, 6) is 0.190. The van der Waals surface area contributed by atoms with Crippen LogP contribution in [0, 0.1) is 24.0 Å². The van der Waals surface area contributed by atoms with Crippen molar-refractivity contribution in [2.24, 2.45) is 0 Å². The minimum atomic E-state index is -0.493. The van der Waals surface area contributed by atoms with Gasteiger partial charge in [0.25, 0.3) is 0 Å². The number of benzene rings is 1. The van der Waals surface area contributed by atoms with Crippen molar-refractivity contribution in [2.75, 3.05) is 5.32 Å². The van der Waals surface area contributed by atoms with Crippen molar-refractivity contribution in [3.63, 3.8) is 0 Å². The van der Waals surface area contributed by atoms with Crippen LogP contribution in [0.3, 0.4) is 0 Å². The molecule has 0 fully saturated rings. The molecule has 1 amide bonds. The van der Waals surface area contributed by atoms with Gasteiger partial charge in [-0.15, -0.1) is 0 Å². The first-order valence-corrected chi connectivity index (χ1v) is 8.97. The smallest absolute Gasteiger partial charge is 0.309 e. The molecular weight excluding hydrogens is 384 g/mol. The van der Waals surface area contributed by atoms with Crippen molar-refractivity contribution in [3.05, 3.63) is 68.6 Å². The summed E-state index contributed by atoms with van der Waals surface area (Å²) in [6.07, 6.45) is 1.44. The van der Waals surface area contributed by atoms with Gasteiger partial charge in [0.15, 0.2) is 5.82 Å². The van der Waals surface area contributed by atoms with Crippen LogP contribution in [0.5, 0.6) is 0 Å². The lowest BCUT2D eigenvalue weighted by Crippen LogP contribution is -2.15. The highest BCUT2D eigenvalue weighted by atomic mass is 35.5. The van der Waals surface area contributed by atoms with E-state index in [-0.39, 0.29) is 24.6 Å². The number of anilines is 1. The maximum absolute atomic E-state index is 12.2. The van der Waals surface area contributed by atoms with E-state index >= 15 is 0 Å². The molecule has 0 aliphatic carbocycles. The third kappa shape index (κ3) is 4.55. The van der Waals surface area contributed by atoms with Gasteiger partial charge in [0.2, 0.25) is 5.91 Å². The Labute approximate surface area is 166 Å². The van der Waals surface area contributed by atoms with Crippen LogP contribution in [-0.2, 0) is 17.9 Å². The summed E-state index contributed by atoms with van der Waals surface area (Å²) in [5, 5.41) is 22.7. The van der Waals surface area contributed by atoms with Crippen LogP contribution in [0.25, 0.3) is 0 Å². The van der Waals surface area contributed by atoms with Crippen LogP contribution < -0.4 is 5.32 Å². The standard InChI is InChI=1S/C18H19ClN6O3/c1-12-9-17(22-24(12)10-14-5-3-4-6-15(14)19)20-18(26)7-8-23-11-16(25(27)28)13(2)21-23/h3-6,9,11H,7-8,10H2,1-2H3,(H,20,22,26). The molecule has 0 atom stereocenters. The van der Waals surface area contributed by atoms with Gasteiger partial charge in [0.1, 0.15) is 11.9 Å². The fourth-order valence-corrected chi connectivity index (χ4v) is 2.94. The zero-order valence-corrected chi connectivity index (χ0v) is 16.2. The maximum Gasteiger partial charge on any atom is 0.309 e. The summed E-state index contributed by atoms with van der Waals surface area (Å²) >= 11 is 6.19. The molecule has 0 unspecified atom stereocenters. The van der Waals surface area contributed by atoms with Crippen molar-refractivity contribution in [1.82, 2.24) is 19.6 Å². The molecule has 146 valence electrons. The second-order valence-electron chi connectivity index (χ2n) is 6.34. The molecule has 0 saturated carbocycles. The fourth-order valence-electron chi connectivity index (χ4n) is 2.74. The van der Waals surface area contributed by atoms with E-state index in [1.54, 1.807) is 17.7 Å². The van der Waals surface area contributed by atoms with Crippen molar-refractivity contribution in [2.45, 2.75) is 33.4 Å². The van der Waals surface area contributed by atoms with Crippen molar-refractivity contribution in [1.29, 1.82) is 0 Å². The van der Waals surface area contributed by atoms with E-state index in [1.807, 2.05) is 31.2 Å². The van der Waals surface area contributed by atoms with E-state index in [1.165, 1.54) is 10.9 Å². The molecule has 0 saturated heterocycles. The fraction of sp³-hybridized carbons (Fsp3) is 0.278. The predicted octanol–water partition coefficient (Wildman–Crippen LogP) is 3.34. The van der Waals surface area contributed by atoms with Gasteiger partial charge in [-0.2, -0.15) is 10.2 Å². The molecule has 0 bridgehead atoms. The number of carbonyl (C=O) groups is 1. The molecule has 0 aliphatic rings. The highest BCUT2D eigenvalue weighted by Crippen LogP contribution is 2.18. The van der Waals surface area contributed by atoms with Crippen LogP contribution in [0.1, 0.15) is 23.4 Å². The van der Waals surface area contributed by atoms with Crippen LogP contribution in [0.15, 0.2) is 36.5 Å². The second kappa shape index (κ2) is 8.22. The minimum Gasteiger partial charge on any atom is -0.309 e. The molecule has 2 aromatic heterocycles. The number of nitro groups is 1. The van der Waals surface area contributed by atoms with Gasteiger partial charge in [-0.05, 0) is 25.5 Å². The van der Waals surface area contributed by atoms with Gasteiger partial charge in [0, 0.05) is 29.7 Å². The number of aryl methyl sites for hydroxylation is 3. The molecule has 28 heavy (non-hydrogen) atoms. The van der Waals surface area contributed by atoms with E-state index in [4.69, 9.17) is 11.6 Å². The Kier molecular flexibility index (Phi) is 5.74. The molecule has 0 spiro atoms. The average Bonchev–Trinajstić information content (AvgIpc) is 3.17. The van der Waals surface area contributed by atoms with Gasteiger partial charge in [-0.25, -0.2) is 0 Å². The molecule has 1 aromatic carbocycles. The average molecular weight is 403 g/mol. The first-order valence-electron chi connectivity index (χ1n) is 8.59. The van der Waals surface area contributed by atoms with E-state index < -0.39 is 4.92 Å². The van der Waals surface area contributed by atoms with Crippen LogP contribution in [0.2, 0.25) is 5.02 Å². The quantitative estimate of drug-likeness (QED) is 0.481. The van der Waals surface area contributed by atoms with Gasteiger partial charge in [-0.3, -0.25) is 24.3 Å². The third-order valence-electron chi connectivity index (χ3n) is 4.21. The Morgan fingerprint density at radius 2 is 2.04 bits per heavy atom. The Morgan fingerprint density at radius 1 is 1.29 bits per heavy atom. The van der Waals surface area contributed by atoms with Gasteiger partial charge < -0.3 is 5.32 Å². The van der Waals surface area contributed by atoms with Gasteiger partial charge in [-0.1, -0.05) is 29.8 Å². The Hall–Kier alpha value is -3.20. The summed E-state index contributed by atoms with van der Waals surface area (Å²) in [7, 11) is 0. The van der Waals surface area contributed by atoms with Crippen molar-refractivity contribution >= 4 is 29.0 Å². The van der Waals surface area contributed by atoms with Crippen LogP contribution in [0.4, 0.5) is 11.5 Å². The number of nitrogens with one attached hydrogen (secondary N) is 1. The highest BCUT2D eigenvalue weighted by molar-refractivity contribution is 6.31. The monoisotopic (exact) mass is 402 g/mol. The molecule has 10 heteroatoms. The predicted molar refractivity (Wildman–Crippen MR) is 104 cm³/mol. The number of carbonyl (C=O) groups excluding carboxylic acids is 1. The molecule has 2 heterocycles. The Balaban J connectivity index is 1.59. The van der Waals surface area contributed by atoms with E-state index in [0.29, 0.717) is 23.1 Å². The largest absolute Gasteiger partial charge is 0.309 e. The minimum absolute atomic E-state index is 0.0608. The molecular formula is C18H19ClN6O3. The number of amides is 1. The number of rotatable bonds is 7. The van der Waals surface area contributed by atoms with Crippen LogP contribution >= 0.6 is 11.6 Å².